The van der Waals surface area contributed by atoms with Crippen molar-refractivity contribution in [1.29, 1.82) is 0 Å². The molecule has 0 aliphatic heterocycles. The Bertz CT molecular complexity index is 963. The second kappa shape index (κ2) is 7.61. The Labute approximate surface area is 152 Å². The maximum absolute atomic E-state index is 10.9. The molecule has 5 nitrogen and oxygen atoms in total. The number of nitrogens with zero attached hydrogens (tertiary/aromatic N) is 1. The third-order valence-electron chi connectivity index (χ3n) is 4.18. The predicted molar refractivity (Wildman–Crippen MR) is 104 cm³/mol. The van der Waals surface area contributed by atoms with Crippen molar-refractivity contribution in [3.8, 4) is 0 Å². The third kappa shape index (κ3) is 3.95. The van der Waals surface area contributed by atoms with E-state index in [1.807, 2.05) is 62.4 Å². The molecule has 0 saturated heterocycles. The highest BCUT2D eigenvalue weighted by atomic mass is 16.6. The molecule has 0 heterocycles. The van der Waals surface area contributed by atoms with Crippen molar-refractivity contribution >= 4 is 22.9 Å². The average molecular weight is 346 g/mol. The molecule has 3 rings (SSSR count). The van der Waals surface area contributed by atoms with Crippen LogP contribution in [-0.4, -0.2) is 10.8 Å². The summed E-state index contributed by atoms with van der Waals surface area (Å²) >= 11 is 0. The normalized spacial score (nSPS) is 11.2. The number of hydrogen-bond donors (Lipinski definition) is 2. The van der Waals surface area contributed by atoms with E-state index in [1.165, 1.54) is 12.1 Å². The Morgan fingerprint density at radius 3 is 2.12 bits per heavy atom. The Balaban J connectivity index is 2.05. The average Bonchev–Trinajstić information content (AvgIpc) is 2.64. The molecule has 0 unspecified atom stereocenters. The minimum atomic E-state index is -0.396. The van der Waals surface area contributed by atoms with Crippen molar-refractivity contribution in [2.24, 2.45) is 0 Å². The summed E-state index contributed by atoms with van der Waals surface area (Å²) in [7, 11) is 0. The van der Waals surface area contributed by atoms with Crippen molar-refractivity contribution in [1.82, 2.24) is 0 Å². The van der Waals surface area contributed by atoms with Gasteiger partial charge in [0.15, 0.2) is 0 Å². The molecule has 2 N–H and O–H groups in total. The summed E-state index contributed by atoms with van der Waals surface area (Å²) in [6, 6.07) is 22.5. The molecule has 0 aliphatic rings. The van der Waals surface area contributed by atoms with Gasteiger partial charge in [0.2, 0.25) is 0 Å². The first-order valence-corrected chi connectivity index (χ1v) is 8.31. The van der Waals surface area contributed by atoms with Gasteiger partial charge in [-0.1, -0.05) is 36.4 Å². The molecular weight excluding hydrogens is 326 g/mol. The van der Waals surface area contributed by atoms with Crippen molar-refractivity contribution in [3.63, 3.8) is 0 Å². The molecule has 0 amide bonds. The summed E-state index contributed by atoms with van der Waals surface area (Å²) in [6.07, 6.45) is 0. The lowest BCUT2D eigenvalue weighted by atomic mass is 10.1. The van der Waals surface area contributed by atoms with E-state index in [0.29, 0.717) is 0 Å². The van der Waals surface area contributed by atoms with Gasteiger partial charge in [0.1, 0.15) is 11.4 Å². The highest BCUT2D eigenvalue weighted by molar-refractivity contribution is 6.05. The van der Waals surface area contributed by atoms with E-state index in [1.54, 1.807) is 12.1 Å². The van der Waals surface area contributed by atoms with E-state index < -0.39 is 4.92 Å². The smallest absolute Gasteiger partial charge is 0.258 e. The van der Waals surface area contributed by atoms with Crippen LogP contribution in [-0.2, 0) is 0 Å². The highest BCUT2D eigenvalue weighted by Gasteiger charge is 2.16. The lowest BCUT2D eigenvalue weighted by Crippen LogP contribution is -2.69. The number of rotatable bonds is 4. The maximum Gasteiger partial charge on any atom is 0.285 e. The van der Waals surface area contributed by atoms with Crippen LogP contribution in [0.3, 0.4) is 0 Å². The van der Waals surface area contributed by atoms with Crippen molar-refractivity contribution < 1.29 is 9.92 Å². The van der Waals surface area contributed by atoms with Gasteiger partial charge in [0.25, 0.3) is 11.5 Å². The molecule has 0 saturated carbocycles. The largest absolute Gasteiger partial charge is 0.285 e. The molecule has 0 spiro atoms. The maximum atomic E-state index is 10.9. The van der Waals surface area contributed by atoms with Gasteiger partial charge in [0.05, 0.1) is 10.5 Å². The van der Waals surface area contributed by atoms with Gasteiger partial charge in [-0.3, -0.25) is 10.1 Å². The Morgan fingerprint density at radius 1 is 0.885 bits per heavy atom. The molecule has 5 heteroatoms. The zero-order valence-corrected chi connectivity index (χ0v) is 14.7. The fourth-order valence-corrected chi connectivity index (χ4v) is 2.62. The van der Waals surface area contributed by atoms with Gasteiger partial charge in [-0.2, -0.15) is 0 Å². The Hall–Kier alpha value is -3.47. The molecule has 130 valence electrons. The fraction of sp³-hybridized carbons (Fsp3) is 0.0952. The summed E-state index contributed by atoms with van der Waals surface area (Å²) < 4.78 is 0. The number of anilines is 1. The highest BCUT2D eigenvalue weighted by Crippen LogP contribution is 2.16. The van der Waals surface area contributed by atoms with E-state index in [4.69, 9.17) is 0 Å². The lowest BCUT2D eigenvalue weighted by Gasteiger charge is -2.07. The van der Waals surface area contributed by atoms with Gasteiger partial charge in [-0.05, 0) is 49.2 Å². The summed E-state index contributed by atoms with van der Waals surface area (Å²) in [6.45, 7) is 4.06. The zero-order chi connectivity index (χ0) is 18.5. The second-order valence-electron chi connectivity index (χ2n) is 6.06. The molecule has 0 atom stereocenters. The molecule has 3 aromatic rings. The van der Waals surface area contributed by atoms with E-state index in [9.17, 15) is 10.1 Å². The molecule has 26 heavy (non-hydrogen) atoms. The summed E-state index contributed by atoms with van der Waals surface area (Å²) in [4.78, 5) is 13.9. The van der Waals surface area contributed by atoms with Crippen LogP contribution in [0.15, 0.2) is 72.8 Å². The minimum Gasteiger partial charge on any atom is -0.258 e. The minimum absolute atomic E-state index is 0.0693. The topological polar surface area (TPSA) is 69.1 Å². The van der Waals surface area contributed by atoms with Gasteiger partial charge >= 0.3 is 0 Å². The van der Waals surface area contributed by atoms with Crippen LogP contribution in [0, 0.1) is 24.0 Å². The molecule has 3 aromatic carbocycles. The van der Waals surface area contributed by atoms with Gasteiger partial charge in [-0.15, -0.1) is 0 Å². The standard InChI is InChI=1S/C21H19N3O2/c1-15-7-3-5-9-19(15)22-21(23-20-10-6-4-8-16(20)2)17-11-13-18(14-12-17)24(25)26/h3-14H,1-2H3,(H,22,23)/p+1. The first-order valence-electron chi connectivity index (χ1n) is 8.31. The van der Waals surface area contributed by atoms with E-state index >= 15 is 0 Å². The van der Waals surface area contributed by atoms with Crippen LogP contribution in [0.4, 0.5) is 17.1 Å². The first kappa shape index (κ1) is 17.4. The van der Waals surface area contributed by atoms with Crippen LogP contribution < -0.4 is 10.3 Å². The van der Waals surface area contributed by atoms with Crippen LogP contribution >= 0.6 is 0 Å². The van der Waals surface area contributed by atoms with Gasteiger partial charge in [-0.25, -0.2) is 10.3 Å². The first-order chi connectivity index (χ1) is 12.5. The summed E-state index contributed by atoms with van der Waals surface area (Å²) in [5.74, 6) is 0.767. The quantitative estimate of drug-likeness (QED) is 0.329. The number of nitrogens with one attached hydrogen (secondary N) is 2. The van der Waals surface area contributed by atoms with Crippen LogP contribution in [0.2, 0.25) is 0 Å². The molecular formula is C21H20N3O2+. The number of para-hydroxylation sites is 2. The van der Waals surface area contributed by atoms with Gasteiger partial charge < -0.3 is 0 Å². The number of hydrogen-bond acceptors (Lipinski definition) is 2. The number of amidine groups is 1. The van der Waals surface area contributed by atoms with E-state index in [-0.39, 0.29) is 5.69 Å². The van der Waals surface area contributed by atoms with Crippen molar-refractivity contribution in [3.05, 3.63) is 99.6 Å². The second-order valence-corrected chi connectivity index (χ2v) is 6.06. The van der Waals surface area contributed by atoms with Crippen LogP contribution in [0.25, 0.3) is 0 Å². The number of non-ortho nitro benzene ring substituents is 1. The summed E-state index contributed by atoms with van der Waals surface area (Å²) in [5, 5.41) is 14.3. The summed E-state index contributed by atoms with van der Waals surface area (Å²) in [5.41, 5.74) is 5.07. The monoisotopic (exact) mass is 346 g/mol. The zero-order valence-electron chi connectivity index (χ0n) is 14.7. The fourth-order valence-electron chi connectivity index (χ4n) is 2.62. The molecule has 0 aromatic heterocycles. The molecule has 0 aliphatic carbocycles. The number of nitro groups is 1. The van der Waals surface area contributed by atoms with E-state index in [2.05, 4.69) is 10.3 Å². The van der Waals surface area contributed by atoms with Crippen LogP contribution in [0.5, 0.6) is 0 Å². The SMILES string of the molecule is Cc1ccccc1NC(=[NH+]c1ccccc1C)c1ccc([N+](=O)[O-])cc1. The van der Waals surface area contributed by atoms with Crippen molar-refractivity contribution in [2.75, 3.05) is 5.32 Å². The number of aryl methyl sites for hydroxylation is 2. The Kier molecular flexibility index (Phi) is 5.08. The van der Waals surface area contributed by atoms with Gasteiger partial charge in [0, 0.05) is 12.1 Å². The number of benzene rings is 3. The Morgan fingerprint density at radius 2 is 1.50 bits per heavy atom. The number of nitro benzene ring substituents is 1. The van der Waals surface area contributed by atoms with Crippen molar-refractivity contribution in [2.45, 2.75) is 13.8 Å². The molecule has 0 bridgehead atoms. The third-order valence-corrected chi connectivity index (χ3v) is 4.18. The van der Waals surface area contributed by atoms with E-state index in [0.717, 1.165) is 33.9 Å². The molecule has 0 radical (unpaired) electrons. The lowest BCUT2D eigenvalue weighted by molar-refractivity contribution is -0.384. The molecule has 0 fully saturated rings. The predicted octanol–water partition coefficient (Wildman–Crippen LogP) is 3.48. The van der Waals surface area contributed by atoms with Crippen LogP contribution in [0.1, 0.15) is 16.7 Å².